The van der Waals surface area contributed by atoms with Crippen molar-refractivity contribution in [2.24, 2.45) is 0 Å². The lowest BCUT2D eigenvalue weighted by Crippen LogP contribution is -2.09. The quantitative estimate of drug-likeness (QED) is 0.561. The van der Waals surface area contributed by atoms with Gasteiger partial charge < -0.3 is 10.1 Å². The van der Waals surface area contributed by atoms with Gasteiger partial charge in [-0.2, -0.15) is 0 Å². The molecule has 108 valence electrons. The normalized spacial score (nSPS) is 10.6. The summed E-state index contributed by atoms with van der Waals surface area (Å²) in [7, 11) is 0. The Labute approximate surface area is 126 Å². The first-order valence-electron chi connectivity index (χ1n) is 7.40. The molecule has 0 saturated heterocycles. The molecule has 0 fully saturated rings. The van der Waals surface area contributed by atoms with Gasteiger partial charge in [-0.25, -0.2) is 0 Å². The van der Waals surface area contributed by atoms with E-state index in [1.165, 1.54) is 38.5 Å². The van der Waals surface area contributed by atoms with Crippen molar-refractivity contribution in [2.75, 3.05) is 25.1 Å². The Bertz CT molecular complexity index is 313. The van der Waals surface area contributed by atoms with Crippen molar-refractivity contribution in [1.82, 2.24) is 0 Å². The molecule has 19 heavy (non-hydrogen) atoms. The van der Waals surface area contributed by atoms with E-state index in [1.54, 1.807) is 0 Å². The van der Waals surface area contributed by atoms with Crippen molar-refractivity contribution in [3.63, 3.8) is 0 Å². The molecule has 1 aromatic rings. The summed E-state index contributed by atoms with van der Waals surface area (Å²) in [6, 6.07) is 8.22. The second-order valence-electron chi connectivity index (χ2n) is 4.81. The predicted octanol–water partition coefficient (Wildman–Crippen LogP) is 5.24. The lowest BCUT2D eigenvalue weighted by Gasteiger charge is -2.07. The topological polar surface area (TPSA) is 21.3 Å². The number of hydrogen-bond donors (Lipinski definition) is 1. The van der Waals surface area contributed by atoms with Crippen LogP contribution in [0.5, 0.6) is 0 Å². The van der Waals surface area contributed by atoms with E-state index in [2.05, 4.69) is 40.3 Å². The van der Waals surface area contributed by atoms with Gasteiger partial charge in [0.25, 0.3) is 0 Å². The summed E-state index contributed by atoms with van der Waals surface area (Å²) in [6.45, 7) is 4.80. The Balaban J connectivity index is 1.87. The van der Waals surface area contributed by atoms with E-state index in [-0.39, 0.29) is 0 Å². The van der Waals surface area contributed by atoms with Crippen LogP contribution in [0.25, 0.3) is 0 Å². The Hall–Kier alpha value is -0.540. The van der Waals surface area contributed by atoms with Crippen molar-refractivity contribution < 1.29 is 4.74 Å². The zero-order valence-electron chi connectivity index (χ0n) is 12.0. The van der Waals surface area contributed by atoms with Crippen LogP contribution in [0.4, 0.5) is 5.69 Å². The fourth-order valence-electron chi connectivity index (χ4n) is 1.92. The van der Waals surface area contributed by atoms with Crippen LogP contribution in [0.15, 0.2) is 28.7 Å². The summed E-state index contributed by atoms with van der Waals surface area (Å²) in [6.07, 6.45) is 7.92. The zero-order chi connectivity index (χ0) is 13.8. The standard InChI is InChI=1S/C16H26BrNO/c1-2-3-4-5-6-7-13-19-14-12-18-16-10-8-15(17)9-11-16/h8-11,18H,2-7,12-14H2,1H3. The molecule has 1 rings (SSSR count). The maximum atomic E-state index is 5.61. The van der Waals surface area contributed by atoms with E-state index in [0.717, 1.165) is 29.9 Å². The Morgan fingerprint density at radius 2 is 1.63 bits per heavy atom. The first-order valence-corrected chi connectivity index (χ1v) is 8.19. The molecule has 0 aromatic heterocycles. The number of ether oxygens (including phenoxy) is 1. The maximum Gasteiger partial charge on any atom is 0.0639 e. The highest BCUT2D eigenvalue weighted by Gasteiger charge is 1.93. The highest BCUT2D eigenvalue weighted by molar-refractivity contribution is 9.10. The largest absolute Gasteiger partial charge is 0.383 e. The summed E-state index contributed by atoms with van der Waals surface area (Å²) in [5.74, 6) is 0. The number of nitrogens with one attached hydrogen (secondary N) is 1. The second-order valence-corrected chi connectivity index (χ2v) is 5.73. The van der Waals surface area contributed by atoms with Crippen molar-refractivity contribution in [3.8, 4) is 0 Å². The van der Waals surface area contributed by atoms with Gasteiger partial charge in [0, 0.05) is 23.3 Å². The van der Waals surface area contributed by atoms with Gasteiger partial charge in [0.2, 0.25) is 0 Å². The third-order valence-electron chi connectivity index (χ3n) is 3.06. The number of anilines is 1. The fraction of sp³-hybridized carbons (Fsp3) is 0.625. The molecule has 0 aliphatic heterocycles. The minimum absolute atomic E-state index is 0.783. The van der Waals surface area contributed by atoms with Gasteiger partial charge >= 0.3 is 0 Å². The van der Waals surface area contributed by atoms with E-state index >= 15 is 0 Å². The highest BCUT2D eigenvalue weighted by atomic mass is 79.9. The monoisotopic (exact) mass is 327 g/mol. The molecule has 0 spiro atoms. The van der Waals surface area contributed by atoms with Gasteiger partial charge in [0.05, 0.1) is 6.61 Å². The summed E-state index contributed by atoms with van der Waals surface area (Å²) >= 11 is 3.43. The highest BCUT2D eigenvalue weighted by Crippen LogP contribution is 2.13. The third-order valence-corrected chi connectivity index (χ3v) is 3.59. The lowest BCUT2D eigenvalue weighted by molar-refractivity contribution is 0.139. The summed E-state index contributed by atoms with van der Waals surface area (Å²) in [5, 5.41) is 3.34. The van der Waals surface area contributed by atoms with Gasteiger partial charge in [-0.05, 0) is 30.7 Å². The molecule has 3 heteroatoms. The molecule has 2 nitrogen and oxygen atoms in total. The molecular formula is C16H26BrNO. The van der Waals surface area contributed by atoms with Crippen LogP contribution in [0, 0.1) is 0 Å². The van der Waals surface area contributed by atoms with E-state index in [4.69, 9.17) is 4.74 Å². The molecule has 0 aliphatic carbocycles. The van der Waals surface area contributed by atoms with Crippen LogP contribution in [0.3, 0.4) is 0 Å². The zero-order valence-corrected chi connectivity index (χ0v) is 13.5. The van der Waals surface area contributed by atoms with Gasteiger partial charge in [-0.3, -0.25) is 0 Å². The Kier molecular flexibility index (Phi) is 9.82. The minimum Gasteiger partial charge on any atom is -0.383 e. The van der Waals surface area contributed by atoms with E-state index in [1.807, 2.05) is 12.1 Å². The summed E-state index contributed by atoms with van der Waals surface area (Å²) < 4.78 is 6.72. The average molecular weight is 328 g/mol. The number of hydrogen-bond acceptors (Lipinski definition) is 2. The predicted molar refractivity (Wildman–Crippen MR) is 86.8 cm³/mol. The fourth-order valence-corrected chi connectivity index (χ4v) is 2.19. The van der Waals surface area contributed by atoms with Crippen LogP contribution in [-0.2, 0) is 4.74 Å². The van der Waals surface area contributed by atoms with Gasteiger partial charge in [0.15, 0.2) is 0 Å². The number of benzene rings is 1. The smallest absolute Gasteiger partial charge is 0.0639 e. The van der Waals surface area contributed by atoms with Crippen molar-refractivity contribution >= 4 is 21.6 Å². The summed E-state index contributed by atoms with van der Waals surface area (Å²) in [5.41, 5.74) is 1.14. The van der Waals surface area contributed by atoms with Crippen LogP contribution in [-0.4, -0.2) is 19.8 Å². The Morgan fingerprint density at radius 3 is 2.37 bits per heavy atom. The number of rotatable bonds is 11. The molecule has 0 bridgehead atoms. The van der Waals surface area contributed by atoms with Crippen LogP contribution >= 0.6 is 15.9 Å². The van der Waals surface area contributed by atoms with Crippen molar-refractivity contribution in [2.45, 2.75) is 45.4 Å². The molecule has 0 radical (unpaired) electrons. The first-order chi connectivity index (χ1) is 9.33. The van der Waals surface area contributed by atoms with Crippen LogP contribution < -0.4 is 5.32 Å². The minimum atomic E-state index is 0.783. The number of unbranched alkanes of at least 4 members (excludes halogenated alkanes) is 5. The maximum absolute atomic E-state index is 5.61. The number of halogens is 1. The van der Waals surface area contributed by atoms with Gasteiger partial charge in [0.1, 0.15) is 0 Å². The SMILES string of the molecule is CCCCCCCCOCCNc1ccc(Br)cc1. The molecule has 0 unspecified atom stereocenters. The molecule has 0 amide bonds. The van der Waals surface area contributed by atoms with E-state index < -0.39 is 0 Å². The molecule has 0 aliphatic rings. The van der Waals surface area contributed by atoms with E-state index in [9.17, 15) is 0 Å². The van der Waals surface area contributed by atoms with E-state index in [0.29, 0.717) is 0 Å². The molecule has 0 heterocycles. The Morgan fingerprint density at radius 1 is 0.947 bits per heavy atom. The summed E-state index contributed by atoms with van der Waals surface area (Å²) in [4.78, 5) is 0. The molecule has 0 atom stereocenters. The lowest BCUT2D eigenvalue weighted by atomic mass is 10.1. The average Bonchev–Trinajstić information content (AvgIpc) is 2.43. The van der Waals surface area contributed by atoms with Crippen LogP contribution in [0.1, 0.15) is 45.4 Å². The van der Waals surface area contributed by atoms with Crippen LogP contribution in [0.2, 0.25) is 0 Å². The molecular weight excluding hydrogens is 302 g/mol. The molecule has 1 N–H and O–H groups in total. The van der Waals surface area contributed by atoms with Crippen molar-refractivity contribution in [3.05, 3.63) is 28.7 Å². The van der Waals surface area contributed by atoms with Gasteiger partial charge in [-0.1, -0.05) is 55.0 Å². The van der Waals surface area contributed by atoms with Crippen molar-refractivity contribution in [1.29, 1.82) is 0 Å². The third kappa shape index (κ3) is 9.06. The van der Waals surface area contributed by atoms with Gasteiger partial charge in [-0.15, -0.1) is 0 Å². The first kappa shape index (κ1) is 16.5. The molecule has 0 saturated carbocycles. The molecule has 1 aromatic carbocycles. The second kappa shape index (κ2) is 11.3.